The number of halogens is 2. The molecule has 0 amide bonds. The largest absolute Gasteiger partial charge is 0.496 e. The van der Waals surface area contributed by atoms with Crippen LogP contribution in [0.5, 0.6) is 5.75 Å². The molecule has 0 aliphatic heterocycles. The van der Waals surface area contributed by atoms with Gasteiger partial charge in [0.15, 0.2) is 0 Å². The molecule has 0 saturated carbocycles. The van der Waals surface area contributed by atoms with Gasteiger partial charge >= 0.3 is 0 Å². The van der Waals surface area contributed by atoms with E-state index in [0.29, 0.717) is 22.8 Å². The summed E-state index contributed by atoms with van der Waals surface area (Å²) in [6.07, 6.45) is 1.53. The van der Waals surface area contributed by atoms with Crippen LogP contribution in [0.2, 0.25) is 10.0 Å². The van der Waals surface area contributed by atoms with E-state index >= 15 is 0 Å². The zero-order valence-corrected chi connectivity index (χ0v) is 16.9. The SMILES string of the molecule is COc1ccc2c(ccn2S(=O)(=O)c2ccc(Cl)cc2Cl)c1CN(C)C. The van der Waals surface area contributed by atoms with Crippen molar-refractivity contribution in [2.45, 2.75) is 11.4 Å². The normalized spacial score (nSPS) is 12.1. The number of hydrogen-bond donors (Lipinski definition) is 0. The third kappa shape index (κ3) is 3.30. The number of aromatic nitrogens is 1. The molecule has 0 radical (unpaired) electrons. The van der Waals surface area contributed by atoms with E-state index in [1.807, 2.05) is 19.0 Å². The second-order valence-electron chi connectivity index (χ2n) is 6.11. The molecule has 0 spiro atoms. The average Bonchev–Trinajstić information content (AvgIpc) is 2.99. The molecule has 0 bridgehead atoms. The van der Waals surface area contributed by atoms with Crippen molar-refractivity contribution in [1.82, 2.24) is 8.87 Å². The highest BCUT2D eigenvalue weighted by Gasteiger charge is 2.23. The van der Waals surface area contributed by atoms with Crippen molar-refractivity contribution in [2.75, 3.05) is 21.2 Å². The Labute approximate surface area is 162 Å². The topological polar surface area (TPSA) is 51.5 Å². The summed E-state index contributed by atoms with van der Waals surface area (Å²) in [5.74, 6) is 0.714. The summed E-state index contributed by atoms with van der Waals surface area (Å²) in [5, 5.41) is 1.28. The lowest BCUT2D eigenvalue weighted by Crippen LogP contribution is -2.14. The van der Waals surface area contributed by atoms with Crippen LogP contribution in [-0.2, 0) is 16.6 Å². The number of rotatable bonds is 5. The third-order valence-electron chi connectivity index (χ3n) is 4.03. The standard InChI is InChI=1S/C18H18Cl2N2O3S/c1-21(2)11-14-13-8-9-22(16(13)5-6-17(14)25-3)26(23,24)18-7-4-12(19)10-15(18)20/h4-10H,11H2,1-3H3. The average molecular weight is 413 g/mol. The lowest BCUT2D eigenvalue weighted by Gasteiger charge is -2.15. The Kier molecular flexibility index (Phi) is 5.21. The summed E-state index contributed by atoms with van der Waals surface area (Å²) in [7, 11) is 1.62. The van der Waals surface area contributed by atoms with Crippen molar-refractivity contribution in [2.24, 2.45) is 0 Å². The molecule has 0 aliphatic carbocycles. The molecule has 0 aliphatic rings. The molecular formula is C18H18Cl2N2O3S. The second-order valence-corrected chi connectivity index (χ2v) is 8.74. The van der Waals surface area contributed by atoms with Crippen LogP contribution in [0.4, 0.5) is 0 Å². The Hall–Kier alpha value is -1.73. The first-order valence-electron chi connectivity index (χ1n) is 7.78. The minimum Gasteiger partial charge on any atom is -0.496 e. The van der Waals surface area contributed by atoms with Crippen molar-refractivity contribution in [3.63, 3.8) is 0 Å². The number of fused-ring (bicyclic) bond motifs is 1. The van der Waals surface area contributed by atoms with Crippen LogP contribution in [0.15, 0.2) is 47.5 Å². The molecule has 26 heavy (non-hydrogen) atoms. The molecule has 1 heterocycles. The van der Waals surface area contributed by atoms with E-state index in [-0.39, 0.29) is 9.92 Å². The Morgan fingerprint density at radius 2 is 1.85 bits per heavy atom. The van der Waals surface area contributed by atoms with Crippen molar-refractivity contribution in [3.8, 4) is 5.75 Å². The van der Waals surface area contributed by atoms with Crippen LogP contribution < -0.4 is 4.74 Å². The Morgan fingerprint density at radius 3 is 2.46 bits per heavy atom. The van der Waals surface area contributed by atoms with Crippen LogP contribution in [-0.4, -0.2) is 38.5 Å². The Morgan fingerprint density at radius 1 is 1.12 bits per heavy atom. The van der Waals surface area contributed by atoms with Crippen LogP contribution in [0, 0.1) is 0 Å². The fourth-order valence-electron chi connectivity index (χ4n) is 2.90. The maximum atomic E-state index is 13.1. The van der Waals surface area contributed by atoms with Gasteiger partial charge in [-0.15, -0.1) is 0 Å². The van der Waals surface area contributed by atoms with Gasteiger partial charge < -0.3 is 9.64 Å². The Bertz CT molecular complexity index is 1080. The highest BCUT2D eigenvalue weighted by molar-refractivity contribution is 7.90. The van der Waals surface area contributed by atoms with Gasteiger partial charge in [-0.25, -0.2) is 12.4 Å². The van der Waals surface area contributed by atoms with Crippen LogP contribution in [0.1, 0.15) is 5.56 Å². The first-order chi connectivity index (χ1) is 12.3. The molecule has 0 N–H and O–H groups in total. The molecule has 0 unspecified atom stereocenters. The van der Waals surface area contributed by atoms with Crippen LogP contribution >= 0.6 is 23.2 Å². The molecule has 138 valence electrons. The number of nitrogens with zero attached hydrogens (tertiary/aromatic N) is 2. The van der Waals surface area contributed by atoms with Crippen LogP contribution in [0.25, 0.3) is 10.9 Å². The minimum absolute atomic E-state index is 0.00560. The molecule has 2 aromatic carbocycles. The fourth-order valence-corrected chi connectivity index (χ4v) is 5.00. The lowest BCUT2D eigenvalue weighted by molar-refractivity contribution is 0.374. The van der Waals surface area contributed by atoms with E-state index in [1.54, 1.807) is 25.3 Å². The lowest BCUT2D eigenvalue weighted by atomic mass is 10.1. The summed E-state index contributed by atoms with van der Waals surface area (Å²) >= 11 is 12.0. The van der Waals surface area contributed by atoms with E-state index in [0.717, 1.165) is 10.9 Å². The molecule has 0 fully saturated rings. The van der Waals surface area contributed by atoms with E-state index in [1.165, 1.54) is 28.4 Å². The molecule has 3 rings (SSSR count). The van der Waals surface area contributed by atoms with Gasteiger partial charge in [-0.05, 0) is 50.5 Å². The number of benzene rings is 2. The zero-order chi connectivity index (χ0) is 19.1. The third-order valence-corrected chi connectivity index (χ3v) is 6.44. The van der Waals surface area contributed by atoms with Gasteiger partial charge in [-0.1, -0.05) is 23.2 Å². The van der Waals surface area contributed by atoms with Crippen molar-refractivity contribution < 1.29 is 13.2 Å². The molecule has 8 heteroatoms. The van der Waals surface area contributed by atoms with E-state index in [9.17, 15) is 8.42 Å². The van der Waals surface area contributed by atoms with Crippen molar-refractivity contribution in [3.05, 3.63) is 58.2 Å². The number of methoxy groups -OCH3 is 1. The second kappa shape index (κ2) is 7.12. The maximum Gasteiger partial charge on any atom is 0.269 e. The number of ether oxygens (including phenoxy) is 1. The van der Waals surface area contributed by atoms with Gasteiger partial charge in [0.05, 0.1) is 17.6 Å². The summed E-state index contributed by atoms with van der Waals surface area (Å²) in [4.78, 5) is 2.00. The van der Waals surface area contributed by atoms with Gasteiger partial charge in [0, 0.05) is 28.7 Å². The summed E-state index contributed by atoms with van der Waals surface area (Å²) < 4.78 is 32.9. The van der Waals surface area contributed by atoms with E-state index in [4.69, 9.17) is 27.9 Å². The van der Waals surface area contributed by atoms with Gasteiger partial charge in [0.25, 0.3) is 10.0 Å². The zero-order valence-electron chi connectivity index (χ0n) is 14.5. The molecule has 5 nitrogen and oxygen atoms in total. The van der Waals surface area contributed by atoms with Gasteiger partial charge in [0.1, 0.15) is 10.6 Å². The monoisotopic (exact) mass is 412 g/mol. The quantitative estimate of drug-likeness (QED) is 0.628. The summed E-state index contributed by atoms with van der Waals surface area (Å²) in [5.41, 5.74) is 1.49. The fraction of sp³-hybridized carbons (Fsp3) is 0.222. The predicted octanol–water partition coefficient (Wildman–Crippen LogP) is 4.26. The first kappa shape index (κ1) is 19.0. The van der Waals surface area contributed by atoms with Crippen molar-refractivity contribution in [1.29, 1.82) is 0 Å². The maximum absolute atomic E-state index is 13.1. The van der Waals surface area contributed by atoms with Crippen LogP contribution in [0.3, 0.4) is 0 Å². The predicted molar refractivity (Wildman–Crippen MR) is 105 cm³/mol. The van der Waals surface area contributed by atoms with Gasteiger partial charge in [-0.2, -0.15) is 0 Å². The highest BCUT2D eigenvalue weighted by Crippen LogP contribution is 2.33. The Balaban J connectivity index is 2.23. The minimum atomic E-state index is -3.86. The van der Waals surface area contributed by atoms with Gasteiger partial charge in [0.2, 0.25) is 0 Å². The van der Waals surface area contributed by atoms with E-state index < -0.39 is 10.0 Å². The molecule has 0 atom stereocenters. The molecular weight excluding hydrogens is 395 g/mol. The molecule has 0 saturated heterocycles. The highest BCUT2D eigenvalue weighted by atomic mass is 35.5. The summed E-state index contributed by atoms with van der Waals surface area (Å²) in [6, 6.07) is 9.62. The molecule has 3 aromatic rings. The van der Waals surface area contributed by atoms with Gasteiger partial charge in [-0.3, -0.25) is 0 Å². The first-order valence-corrected chi connectivity index (χ1v) is 9.97. The van der Waals surface area contributed by atoms with Crippen molar-refractivity contribution >= 4 is 44.1 Å². The summed E-state index contributed by atoms with van der Waals surface area (Å²) in [6.45, 7) is 0.617. The number of hydrogen-bond acceptors (Lipinski definition) is 4. The molecule has 1 aromatic heterocycles. The van der Waals surface area contributed by atoms with E-state index in [2.05, 4.69) is 0 Å². The smallest absolute Gasteiger partial charge is 0.269 e.